The van der Waals surface area contributed by atoms with Crippen molar-refractivity contribution in [3.8, 4) is 0 Å². The molecule has 0 amide bonds. The predicted molar refractivity (Wildman–Crippen MR) is 118 cm³/mol. The molecule has 1 heterocycles. The van der Waals surface area contributed by atoms with Crippen molar-refractivity contribution in [2.24, 2.45) is 0 Å². The maximum atomic E-state index is 11.4. The van der Waals surface area contributed by atoms with Crippen LogP contribution in [0.4, 0.5) is 0 Å². The van der Waals surface area contributed by atoms with Gasteiger partial charge in [-0.3, -0.25) is 0 Å². The molecule has 0 aliphatic carbocycles. The lowest BCUT2D eigenvalue weighted by atomic mass is 10.0. The van der Waals surface area contributed by atoms with Gasteiger partial charge in [-0.15, -0.1) is 0 Å². The smallest absolute Gasteiger partial charge is 0.326 e. The van der Waals surface area contributed by atoms with Crippen LogP contribution in [0, 0.1) is 0 Å². The van der Waals surface area contributed by atoms with Crippen LogP contribution in [0.5, 0.6) is 0 Å². The van der Waals surface area contributed by atoms with Crippen molar-refractivity contribution in [3.05, 3.63) is 18.7 Å². The fourth-order valence-electron chi connectivity index (χ4n) is 3.92. The molecule has 0 aromatic carbocycles. The number of hydrogen-bond donors (Lipinski definition) is 1. The standard InChI is InChI=1S/C24H44N2O2/c1-2-3-4-5-6-7-8-9-10-11-12-13-14-15-16-17-18-19-23(24(27)28)26-21-20-25-22-26/h20-23H,2-19H2,1H3,(H,27,28). The molecule has 0 bridgehead atoms. The number of imidazole rings is 1. The Hall–Kier alpha value is -1.32. The first-order valence-electron chi connectivity index (χ1n) is 12.0. The summed E-state index contributed by atoms with van der Waals surface area (Å²) in [4.78, 5) is 15.3. The molecule has 0 saturated carbocycles. The number of carboxylic acids is 1. The molecule has 1 rings (SSSR count). The molecule has 0 fully saturated rings. The molecule has 0 radical (unpaired) electrons. The van der Waals surface area contributed by atoms with Crippen LogP contribution < -0.4 is 0 Å². The first kappa shape index (κ1) is 24.7. The Labute approximate surface area is 173 Å². The number of carbonyl (C=O) groups is 1. The van der Waals surface area contributed by atoms with Crippen molar-refractivity contribution < 1.29 is 9.90 Å². The minimum atomic E-state index is -0.755. The lowest BCUT2D eigenvalue weighted by Crippen LogP contribution is -2.17. The van der Waals surface area contributed by atoms with Gasteiger partial charge in [-0.25, -0.2) is 9.78 Å². The van der Waals surface area contributed by atoms with Gasteiger partial charge >= 0.3 is 5.97 Å². The first-order chi connectivity index (χ1) is 13.8. The van der Waals surface area contributed by atoms with Crippen LogP contribution in [0.25, 0.3) is 0 Å². The fourth-order valence-corrected chi connectivity index (χ4v) is 3.92. The van der Waals surface area contributed by atoms with Gasteiger partial charge in [-0.05, 0) is 6.42 Å². The maximum absolute atomic E-state index is 11.4. The monoisotopic (exact) mass is 392 g/mol. The second-order valence-electron chi connectivity index (χ2n) is 8.31. The average molecular weight is 393 g/mol. The summed E-state index contributed by atoms with van der Waals surface area (Å²) in [5.41, 5.74) is 0. The minimum Gasteiger partial charge on any atom is -0.480 e. The Bertz CT molecular complexity index is 459. The number of rotatable bonds is 20. The third-order valence-corrected chi connectivity index (χ3v) is 5.75. The number of nitrogens with zero attached hydrogens (tertiary/aromatic N) is 2. The molecule has 4 nitrogen and oxygen atoms in total. The van der Waals surface area contributed by atoms with Crippen molar-refractivity contribution in [1.29, 1.82) is 0 Å². The number of carboxylic acid groups (broad SMARTS) is 1. The van der Waals surface area contributed by atoms with Crippen LogP contribution in [0.15, 0.2) is 18.7 Å². The lowest BCUT2D eigenvalue weighted by Gasteiger charge is -2.13. The molecule has 0 aliphatic heterocycles. The number of hydrogen-bond acceptors (Lipinski definition) is 2. The number of aliphatic carboxylic acids is 1. The van der Waals surface area contributed by atoms with Gasteiger partial charge in [0.25, 0.3) is 0 Å². The molecule has 4 heteroatoms. The van der Waals surface area contributed by atoms with Crippen LogP contribution in [0.1, 0.15) is 129 Å². The van der Waals surface area contributed by atoms with E-state index in [1.807, 2.05) is 0 Å². The van der Waals surface area contributed by atoms with Crippen LogP contribution in [0.3, 0.4) is 0 Å². The van der Waals surface area contributed by atoms with Crippen molar-refractivity contribution in [2.75, 3.05) is 0 Å². The summed E-state index contributed by atoms with van der Waals surface area (Å²) in [5.74, 6) is -0.755. The maximum Gasteiger partial charge on any atom is 0.326 e. The largest absolute Gasteiger partial charge is 0.480 e. The van der Waals surface area contributed by atoms with E-state index in [0.717, 1.165) is 12.8 Å². The van der Waals surface area contributed by atoms with Gasteiger partial charge in [0.05, 0.1) is 6.33 Å². The Balaban J connectivity index is 1.81. The van der Waals surface area contributed by atoms with Crippen molar-refractivity contribution in [3.63, 3.8) is 0 Å². The average Bonchev–Trinajstić information content (AvgIpc) is 3.21. The van der Waals surface area contributed by atoms with Gasteiger partial charge in [0.2, 0.25) is 0 Å². The van der Waals surface area contributed by atoms with Crippen LogP contribution >= 0.6 is 0 Å². The van der Waals surface area contributed by atoms with Crippen molar-refractivity contribution in [2.45, 2.75) is 129 Å². The van der Waals surface area contributed by atoms with E-state index in [4.69, 9.17) is 0 Å². The topological polar surface area (TPSA) is 55.1 Å². The molecular weight excluding hydrogens is 348 g/mol. The third kappa shape index (κ3) is 13.0. The predicted octanol–water partition coefficient (Wildman–Crippen LogP) is 7.55. The highest BCUT2D eigenvalue weighted by molar-refractivity contribution is 5.71. The fraction of sp³-hybridized carbons (Fsp3) is 0.833. The molecular formula is C24H44N2O2. The lowest BCUT2D eigenvalue weighted by molar-refractivity contribution is -0.141. The molecule has 28 heavy (non-hydrogen) atoms. The van der Waals surface area contributed by atoms with Gasteiger partial charge in [0.15, 0.2) is 0 Å². The van der Waals surface area contributed by atoms with E-state index < -0.39 is 12.0 Å². The van der Waals surface area contributed by atoms with Crippen LogP contribution in [-0.2, 0) is 4.79 Å². The quantitative estimate of drug-likeness (QED) is 0.233. The van der Waals surface area contributed by atoms with E-state index in [1.165, 1.54) is 96.3 Å². The molecule has 0 aliphatic rings. The number of unbranched alkanes of at least 4 members (excludes halogenated alkanes) is 16. The molecule has 1 N–H and O–H groups in total. The minimum absolute atomic E-state index is 0.459. The zero-order valence-corrected chi connectivity index (χ0v) is 18.3. The van der Waals surface area contributed by atoms with E-state index in [9.17, 15) is 9.90 Å². The van der Waals surface area contributed by atoms with E-state index in [-0.39, 0.29) is 0 Å². The zero-order chi connectivity index (χ0) is 20.3. The van der Waals surface area contributed by atoms with Gasteiger partial charge in [0.1, 0.15) is 6.04 Å². The van der Waals surface area contributed by atoms with E-state index in [2.05, 4.69) is 11.9 Å². The highest BCUT2D eigenvalue weighted by Crippen LogP contribution is 2.18. The van der Waals surface area contributed by atoms with E-state index in [0.29, 0.717) is 6.42 Å². The van der Waals surface area contributed by atoms with Crippen molar-refractivity contribution >= 4 is 5.97 Å². The van der Waals surface area contributed by atoms with Gasteiger partial charge in [-0.1, -0.05) is 116 Å². The second kappa shape index (κ2) is 17.8. The molecule has 0 saturated heterocycles. The molecule has 0 spiro atoms. The zero-order valence-electron chi connectivity index (χ0n) is 18.3. The highest BCUT2D eigenvalue weighted by Gasteiger charge is 2.17. The Morgan fingerprint density at radius 3 is 1.57 bits per heavy atom. The SMILES string of the molecule is CCCCCCCCCCCCCCCCCCCC(C(=O)O)n1ccnc1. The molecule has 1 atom stereocenters. The van der Waals surface area contributed by atoms with Crippen LogP contribution in [-0.4, -0.2) is 20.6 Å². The Kier molecular flexibility index (Phi) is 15.7. The summed E-state index contributed by atoms with van der Waals surface area (Å²) in [5, 5.41) is 9.33. The summed E-state index contributed by atoms with van der Waals surface area (Å²) in [6, 6.07) is -0.459. The van der Waals surface area contributed by atoms with E-state index in [1.54, 1.807) is 23.3 Å². The molecule has 1 unspecified atom stereocenters. The molecule has 162 valence electrons. The summed E-state index contributed by atoms with van der Waals surface area (Å²) in [6.07, 6.45) is 28.6. The van der Waals surface area contributed by atoms with Crippen molar-refractivity contribution in [1.82, 2.24) is 9.55 Å². The Morgan fingerprint density at radius 2 is 1.21 bits per heavy atom. The summed E-state index contributed by atoms with van der Waals surface area (Å²) < 4.78 is 1.70. The summed E-state index contributed by atoms with van der Waals surface area (Å²) >= 11 is 0. The number of aromatic nitrogens is 2. The molecule has 1 aromatic heterocycles. The second-order valence-corrected chi connectivity index (χ2v) is 8.31. The molecule has 1 aromatic rings. The summed E-state index contributed by atoms with van der Waals surface area (Å²) in [6.45, 7) is 2.28. The van der Waals surface area contributed by atoms with Gasteiger partial charge in [0, 0.05) is 12.4 Å². The van der Waals surface area contributed by atoms with Crippen LogP contribution in [0.2, 0.25) is 0 Å². The summed E-state index contributed by atoms with van der Waals surface area (Å²) in [7, 11) is 0. The normalized spacial score (nSPS) is 12.3. The van der Waals surface area contributed by atoms with Gasteiger partial charge in [-0.2, -0.15) is 0 Å². The van der Waals surface area contributed by atoms with E-state index >= 15 is 0 Å². The van der Waals surface area contributed by atoms with Gasteiger partial charge < -0.3 is 9.67 Å². The Morgan fingerprint density at radius 1 is 0.786 bits per heavy atom. The first-order valence-corrected chi connectivity index (χ1v) is 12.0. The third-order valence-electron chi connectivity index (χ3n) is 5.75. The highest BCUT2D eigenvalue weighted by atomic mass is 16.4.